The molecule has 0 radical (unpaired) electrons. The summed E-state index contributed by atoms with van der Waals surface area (Å²) in [7, 11) is 0. The molecule has 0 saturated carbocycles. The monoisotopic (exact) mass is 214 g/mol. The minimum Gasteiger partial charge on any atom is -0.369 e. The minimum atomic E-state index is 0.494. The molecule has 0 atom stereocenters. The number of nitrogens with zero attached hydrogens (tertiary/aromatic N) is 2. The van der Waals surface area contributed by atoms with Crippen LogP contribution in [0.1, 0.15) is 11.4 Å². The molecule has 0 aliphatic rings. The van der Waals surface area contributed by atoms with Crippen molar-refractivity contribution in [2.75, 3.05) is 0 Å². The average Bonchev–Trinajstić information content (AvgIpc) is 2.78. The number of rotatable bonds is 5. The van der Waals surface area contributed by atoms with Crippen molar-refractivity contribution < 1.29 is 4.74 Å². The fraction of sp³-hybridized carbons (Fsp3) is 0.154. The van der Waals surface area contributed by atoms with E-state index in [-0.39, 0.29) is 0 Å². The summed E-state index contributed by atoms with van der Waals surface area (Å²) < 4.78 is 7.43. The lowest BCUT2D eigenvalue weighted by Crippen LogP contribution is -2.00. The predicted molar refractivity (Wildman–Crippen MR) is 63.5 cm³/mol. The molecule has 16 heavy (non-hydrogen) atoms. The van der Waals surface area contributed by atoms with Crippen molar-refractivity contribution in [2.45, 2.75) is 13.2 Å². The first-order valence-corrected chi connectivity index (χ1v) is 5.16. The second-order valence-corrected chi connectivity index (χ2v) is 3.41. The van der Waals surface area contributed by atoms with Crippen LogP contribution in [0.3, 0.4) is 0 Å². The van der Waals surface area contributed by atoms with E-state index in [4.69, 9.17) is 4.74 Å². The number of ether oxygens (including phenoxy) is 1. The topological polar surface area (TPSA) is 27.1 Å². The molecule has 0 aliphatic heterocycles. The fourth-order valence-electron chi connectivity index (χ4n) is 1.46. The van der Waals surface area contributed by atoms with Crippen LogP contribution in [0.5, 0.6) is 0 Å². The lowest BCUT2D eigenvalue weighted by Gasteiger charge is -2.04. The van der Waals surface area contributed by atoms with E-state index in [0.29, 0.717) is 13.2 Å². The molecular formula is C13H14N2O. The maximum absolute atomic E-state index is 5.58. The number of hydrogen-bond donors (Lipinski definition) is 0. The third kappa shape index (κ3) is 2.58. The highest BCUT2D eigenvalue weighted by Crippen LogP contribution is 2.04. The van der Waals surface area contributed by atoms with Crippen molar-refractivity contribution in [1.82, 2.24) is 9.55 Å². The minimum absolute atomic E-state index is 0.494. The van der Waals surface area contributed by atoms with Gasteiger partial charge in [0, 0.05) is 18.6 Å². The largest absolute Gasteiger partial charge is 0.369 e. The summed E-state index contributed by atoms with van der Waals surface area (Å²) in [5, 5.41) is 0. The van der Waals surface area contributed by atoms with E-state index in [1.807, 2.05) is 41.1 Å². The van der Waals surface area contributed by atoms with Gasteiger partial charge in [0.1, 0.15) is 12.4 Å². The highest BCUT2D eigenvalue weighted by atomic mass is 16.5. The van der Waals surface area contributed by atoms with Crippen molar-refractivity contribution in [2.24, 2.45) is 0 Å². The lowest BCUT2D eigenvalue weighted by atomic mass is 10.2. The molecular weight excluding hydrogens is 200 g/mol. The van der Waals surface area contributed by atoms with Gasteiger partial charge in [0.2, 0.25) is 0 Å². The highest BCUT2D eigenvalue weighted by molar-refractivity contribution is 5.19. The third-order valence-corrected chi connectivity index (χ3v) is 2.29. The molecule has 1 aromatic carbocycles. The van der Waals surface area contributed by atoms with Crippen LogP contribution in [-0.2, 0) is 18.0 Å². The standard InChI is InChI=1S/C13H14N2O/c1-2-15-9-8-14-13(15)11-16-10-12-6-4-3-5-7-12/h2-9H,1,10-11H2. The summed E-state index contributed by atoms with van der Waals surface area (Å²) in [6.07, 6.45) is 5.31. The van der Waals surface area contributed by atoms with E-state index in [9.17, 15) is 0 Å². The summed E-state index contributed by atoms with van der Waals surface area (Å²) in [4.78, 5) is 4.18. The second-order valence-electron chi connectivity index (χ2n) is 3.41. The summed E-state index contributed by atoms with van der Waals surface area (Å²) in [5.74, 6) is 0.867. The van der Waals surface area contributed by atoms with Gasteiger partial charge in [0.15, 0.2) is 0 Å². The zero-order valence-electron chi connectivity index (χ0n) is 9.04. The predicted octanol–water partition coefficient (Wildman–Crippen LogP) is 2.70. The van der Waals surface area contributed by atoms with E-state index in [1.165, 1.54) is 5.56 Å². The molecule has 0 fully saturated rings. The molecule has 0 saturated heterocycles. The Labute approximate surface area is 95.0 Å². The van der Waals surface area contributed by atoms with Crippen LogP contribution in [0, 0.1) is 0 Å². The fourth-order valence-corrected chi connectivity index (χ4v) is 1.46. The van der Waals surface area contributed by atoms with Gasteiger partial charge < -0.3 is 9.30 Å². The highest BCUT2D eigenvalue weighted by Gasteiger charge is 1.99. The first-order chi connectivity index (χ1) is 7.90. The molecule has 0 bridgehead atoms. The van der Waals surface area contributed by atoms with Gasteiger partial charge in [-0.1, -0.05) is 36.9 Å². The van der Waals surface area contributed by atoms with Gasteiger partial charge in [-0.3, -0.25) is 0 Å². The van der Waals surface area contributed by atoms with Crippen molar-refractivity contribution >= 4 is 6.20 Å². The quantitative estimate of drug-likeness (QED) is 0.765. The maximum atomic E-state index is 5.58. The molecule has 0 N–H and O–H groups in total. The van der Waals surface area contributed by atoms with Crippen LogP contribution < -0.4 is 0 Å². The number of benzene rings is 1. The van der Waals surface area contributed by atoms with Crippen LogP contribution in [0.4, 0.5) is 0 Å². The maximum Gasteiger partial charge on any atom is 0.138 e. The number of imidazole rings is 1. The molecule has 0 unspecified atom stereocenters. The van der Waals surface area contributed by atoms with Crippen LogP contribution in [0.15, 0.2) is 49.3 Å². The van der Waals surface area contributed by atoms with Gasteiger partial charge in [-0.15, -0.1) is 0 Å². The normalized spacial score (nSPS) is 10.2. The Morgan fingerprint density at radius 1 is 1.25 bits per heavy atom. The smallest absolute Gasteiger partial charge is 0.138 e. The summed E-state index contributed by atoms with van der Waals surface area (Å²) in [6.45, 7) is 4.79. The Hall–Kier alpha value is -1.87. The Bertz CT molecular complexity index is 448. The summed E-state index contributed by atoms with van der Waals surface area (Å²) in [6, 6.07) is 10.1. The van der Waals surface area contributed by atoms with E-state index in [0.717, 1.165) is 5.82 Å². The molecule has 1 heterocycles. The van der Waals surface area contributed by atoms with Crippen molar-refractivity contribution in [1.29, 1.82) is 0 Å². The molecule has 0 aliphatic carbocycles. The second kappa shape index (κ2) is 5.28. The molecule has 0 spiro atoms. The van der Waals surface area contributed by atoms with Gasteiger partial charge in [-0.25, -0.2) is 4.98 Å². The molecule has 2 aromatic rings. The zero-order chi connectivity index (χ0) is 11.2. The van der Waals surface area contributed by atoms with Crippen LogP contribution in [0.25, 0.3) is 6.20 Å². The third-order valence-electron chi connectivity index (χ3n) is 2.29. The van der Waals surface area contributed by atoms with Crippen molar-refractivity contribution in [3.8, 4) is 0 Å². The lowest BCUT2D eigenvalue weighted by molar-refractivity contribution is 0.101. The molecule has 1 aromatic heterocycles. The van der Waals surface area contributed by atoms with Gasteiger partial charge in [-0.05, 0) is 5.56 Å². The molecule has 0 amide bonds. The van der Waals surface area contributed by atoms with Crippen molar-refractivity contribution in [3.05, 3.63) is 60.7 Å². The van der Waals surface area contributed by atoms with Gasteiger partial charge in [0.25, 0.3) is 0 Å². The van der Waals surface area contributed by atoms with E-state index >= 15 is 0 Å². The molecule has 82 valence electrons. The van der Waals surface area contributed by atoms with Crippen LogP contribution in [0.2, 0.25) is 0 Å². The molecule has 3 heteroatoms. The first kappa shape index (κ1) is 10.6. The van der Waals surface area contributed by atoms with E-state index < -0.39 is 0 Å². The number of aromatic nitrogens is 2. The van der Waals surface area contributed by atoms with Crippen molar-refractivity contribution in [3.63, 3.8) is 0 Å². The Morgan fingerprint density at radius 3 is 2.81 bits per heavy atom. The van der Waals surface area contributed by atoms with Crippen LogP contribution >= 0.6 is 0 Å². The van der Waals surface area contributed by atoms with Gasteiger partial charge in [0.05, 0.1) is 6.61 Å². The SMILES string of the molecule is C=Cn1ccnc1COCc1ccccc1. The van der Waals surface area contributed by atoms with Crippen LogP contribution in [-0.4, -0.2) is 9.55 Å². The summed E-state index contributed by atoms with van der Waals surface area (Å²) in [5.41, 5.74) is 1.17. The van der Waals surface area contributed by atoms with Gasteiger partial charge in [-0.2, -0.15) is 0 Å². The Balaban J connectivity index is 1.87. The van der Waals surface area contributed by atoms with E-state index in [1.54, 1.807) is 12.4 Å². The molecule has 3 nitrogen and oxygen atoms in total. The Morgan fingerprint density at radius 2 is 2.06 bits per heavy atom. The van der Waals surface area contributed by atoms with E-state index in [2.05, 4.69) is 11.6 Å². The Kier molecular flexibility index (Phi) is 3.51. The first-order valence-electron chi connectivity index (χ1n) is 5.16. The summed E-state index contributed by atoms with van der Waals surface area (Å²) >= 11 is 0. The van der Waals surface area contributed by atoms with Gasteiger partial charge >= 0.3 is 0 Å². The number of hydrogen-bond acceptors (Lipinski definition) is 2. The average molecular weight is 214 g/mol. The zero-order valence-corrected chi connectivity index (χ0v) is 9.04. The molecule has 2 rings (SSSR count).